The Labute approximate surface area is 164 Å². The number of nitrogens with zero attached hydrogens (tertiary/aromatic N) is 1. The molecule has 0 radical (unpaired) electrons. The Bertz CT molecular complexity index is 984. The fourth-order valence-electron chi connectivity index (χ4n) is 3.35. The van der Waals surface area contributed by atoms with Gasteiger partial charge in [0.15, 0.2) is 0 Å². The fraction of sp³-hybridized carbons (Fsp3) is 0.350. The van der Waals surface area contributed by atoms with E-state index in [2.05, 4.69) is 5.32 Å². The van der Waals surface area contributed by atoms with Crippen molar-refractivity contribution in [2.24, 2.45) is 0 Å². The van der Waals surface area contributed by atoms with Crippen molar-refractivity contribution >= 4 is 21.6 Å². The van der Waals surface area contributed by atoms with E-state index in [1.54, 1.807) is 18.2 Å². The highest BCUT2D eigenvalue weighted by molar-refractivity contribution is 7.89. The number of halogens is 1. The van der Waals surface area contributed by atoms with Gasteiger partial charge in [-0.3, -0.25) is 4.79 Å². The number of carbonyl (C=O) groups is 1. The highest BCUT2D eigenvalue weighted by atomic mass is 32.2. The Morgan fingerprint density at radius 3 is 2.29 bits per heavy atom. The normalized spacial score (nSPS) is 15.8. The van der Waals surface area contributed by atoms with Gasteiger partial charge in [0, 0.05) is 19.8 Å². The lowest BCUT2D eigenvalue weighted by Crippen LogP contribution is -2.46. The average Bonchev–Trinajstić information content (AvgIpc) is 2.62. The monoisotopic (exact) mass is 406 g/mol. The van der Waals surface area contributed by atoms with Gasteiger partial charge < -0.3 is 10.1 Å². The van der Waals surface area contributed by atoms with E-state index in [-0.39, 0.29) is 22.4 Å². The van der Waals surface area contributed by atoms with Gasteiger partial charge in [0.1, 0.15) is 16.5 Å². The SMILES string of the molecule is COc1ccc(NC(=O)C2(c3ccc(F)cc3)CCC2)cc1S(=O)(=O)N(C)C. The molecule has 0 spiro atoms. The first-order valence-corrected chi connectivity index (χ1v) is 10.3. The van der Waals surface area contributed by atoms with E-state index in [4.69, 9.17) is 4.74 Å². The van der Waals surface area contributed by atoms with Gasteiger partial charge in [-0.05, 0) is 48.7 Å². The van der Waals surface area contributed by atoms with Crippen LogP contribution >= 0.6 is 0 Å². The maximum Gasteiger partial charge on any atom is 0.246 e. The number of rotatable bonds is 6. The first-order valence-electron chi connectivity index (χ1n) is 8.89. The maximum atomic E-state index is 13.3. The van der Waals surface area contributed by atoms with Crippen molar-refractivity contribution in [3.63, 3.8) is 0 Å². The summed E-state index contributed by atoms with van der Waals surface area (Å²) in [5.41, 5.74) is 0.390. The van der Waals surface area contributed by atoms with Crippen molar-refractivity contribution < 1.29 is 22.3 Å². The summed E-state index contributed by atoms with van der Waals surface area (Å²) < 4.78 is 44.6. The van der Waals surface area contributed by atoms with Crippen molar-refractivity contribution in [2.75, 3.05) is 26.5 Å². The number of methoxy groups -OCH3 is 1. The van der Waals surface area contributed by atoms with Crippen LogP contribution in [-0.4, -0.2) is 39.8 Å². The van der Waals surface area contributed by atoms with Crippen LogP contribution in [0.3, 0.4) is 0 Å². The molecule has 0 aliphatic heterocycles. The lowest BCUT2D eigenvalue weighted by atomic mass is 9.64. The van der Waals surface area contributed by atoms with Crippen LogP contribution in [-0.2, 0) is 20.2 Å². The Balaban J connectivity index is 1.93. The van der Waals surface area contributed by atoms with Crippen molar-refractivity contribution in [3.8, 4) is 5.75 Å². The summed E-state index contributed by atoms with van der Waals surface area (Å²) in [6.07, 6.45) is 2.21. The van der Waals surface area contributed by atoms with E-state index >= 15 is 0 Å². The van der Waals surface area contributed by atoms with E-state index in [0.29, 0.717) is 18.5 Å². The summed E-state index contributed by atoms with van der Waals surface area (Å²) in [6.45, 7) is 0. The van der Waals surface area contributed by atoms with Gasteiger partial charge in [-0.25, -0.2) is 17.1 Å². The topological polar surface area (TPSA) is 75.7 Å². The van der Waals surface area contributed by atoms with Gasteiger partial charge in [0.2, 0.25) is 15.9 Å². The first-order chi connectivity index (χ1) is 13.2. The number of nitrogens with one attached hydrogen (secondary N) is 1. The van der Waals surface area contributed by atoms with Gasteiger partial charge in [0.25, 0.3) is 0 Å². The molecule has 0 saturated heterocycles. The second-order valence-corrected chi connectivity index (χ2v) is 9.17. The number of carbonyl (C=O) groups excluding carboxylic acids is 1. The van der Waals surface area contributed by atoms with Crippen LogP contribution in [0.25, 0.3) is 0 Å². The Hall–Kier alpha value is -2.45. The van der Waals surface area contributed by atoms with E-state index < -0.39 is 15.4 Å². The van der Waals surface area contributed by atoms with Crippen LogP contribution in [0.1, 0.15) is 24.8 Å². The number of sulfonamides is 1. The first kappa shape index (κ1) is 20.3. The summed E-state index contributed by atoms with van der Waals surface area (Å²) in [5, 5.41) is 2.83. The van der Waals surface area contributed by atoms with Crippen molar-refractivity contribution in [1.29, 1.82) is 0 Å². The zero-order valence-corrected chi connectivity index (χ0v) is 16.8. The van der Waals surface area contributed by atoms with Gasteiger partial charge in [0.05, 0.1) is 12.5 Å². The molecule has 2 aromatic carbocycles. The second-order valence-electron chi connectivity index (χ2n) is 7.05. The van der Waals surface area contributed by atoms with E-state index in [1.165, 1.54) is 45.5 Å². The van der Waals surface area contributed by atoms with Gasteiger partial charge >= 0.3 is 0 Å². The minimum Gasteiger partial charge on any atom is -0.495 e. The third-order valence-corrected chi connectivity index (χ3v) is 7.05. The molecule has 6 nitrogen and oxygen atoms in total. The third-order valence-electron chi connectivity index (χ3n) is 5.22. The molecule has 2 aromatic rings. The van der Waals surface area contributed by atoms with E-state index in [9.17, 15) is 17.6 Å². The minimum absolute atomic E-state index is 0.0257. The molecule has 1 saturated carbocycles. The van der Waals surface area contributed by atoms with Crippen molar-refractivity contribution in [2.45, 2.75) is 29.6 Å². The minimum atomic E-state index is -3.75. The predicted molar refractivity (Wildman–Crippen MR) is 104 cm³/mol. The number of benzene rings is 2. The number of hydrogen-bond acceptors (Lipinski definition) is 4. The second kappa shape index (κ2) is 7.52. The molecule has 0 aromatic heterocycles. The summed E-state index contributed by atoms with van der Waals surface area (Å²) in [7, 11) is 0.499. The molecule has 3 rings (SSSR count). The van der Waals surface area contributed by atoms with Crippen LogP contribution in [0.5, 0.6) is 5.75 Å². The molecule has 1 aliphatic rings. The molecule has 0 atom stereocenters. The lowest BCUT2D eigenvalue weighted by molar-refractivity contribution is -0.124. The number of hydrogen-bond donors (Lipinski definition) is 1. The number of amides is 1. The quantitative estimate of drug-likeness (QED) is 0.800. The summed E-state index contributed by atoms with van der Waals surface area (Å²) in [6, 6.07) is 10.5. The van der Waals surface area contributed by atoms with Crippen LogP contribution in [0.15, 0.2) is 47.4 Å². The van der Waals surface area contributed by atoms with E-state index in [1.807, 2.05) is 0 Å². The number of anilines is 1. The molecule has 150 valence electrons. The predicted octanol–water partition coefficient (Wildman–Crippen LogP) is 3.15. The molecule has 0 bridgehead atoms. The summed E-state index contributed by atoms with van der Waals surface area (Å²) in [4.78, 5) is 13.0. The van der Waals surface area contributed by atoms with Gasteiger partial charge in [-0.15, -0.1) is 0 Å². The smallest absolute Gasteiger partial charge is 0.246 e. The fourth-order valence-corrected chi connectivity index (χ4v) is 4.42. The highest BCUT2D eigenvalue weighted by Crippen LogP contribution is 2.44. The Kier molecular flexibility index (Phi) is 5.45. The van der Waals surface area contributed by atoms with Crippen LogP contribution in [0.2, 0.25) is 0 Å². The largest absolute Gasteiger partial charge is 0.495 e. The van der Waals surface area contributed by atoms with Crippen molar-refractivity contribution in [3.05, 3.63) is 53.8 Å². The molecular weight excluding hydrogens is 383 g/mol. The molecule has 0 unspecified atom stereocenters. The summed E-state index contributed by atoms with van der Waals surface area (Å²) in [5.74, 6) is -0.389. The molecule has 28 heavy (non-hydrogen) atoms. The Morgan fingerprint density at radius 1 is 1.14 bits per heavy atom. The van der Waals surface area contributed by atoms with Gasteiger partial charge in [-0.2, -0.15) is 0 Å². The van der Waals surface area contributed by atoms with E-state index in [0.717, 1.165) is 16.3 Å². The zero-order chi connectivity index (χ0) is 20.5. The zero-order valence-electron chi connectivity index (χ0n) is 16.0. The molecule has 1 amide bonds. The third kappa shape index (κ3) is 3.49. The standard InChI is InChI=1S/C20H23FN2O4S/c1-23(2)28(25,26)18-13-16(9-10-17(18)27-3)22-19(24)20(11-4-12-20)14-5-7-15(21)8-6-14/h5-10,13H,4,11-12H2,1-3H3,(H,22,24). The lowest BCUT2D eigenvalue weighted by Gasteiger charge is -2.40. The number of ether oxygens (including phenoxy) is 1. The van der Waals surface area contributed by atoms with Crippen LogP contribution in [0, 0.1) is 5.82 Å². The van der Waals surface area contributed by atoms with Crippen LogP contribution in [0.4, 0.5) is 10.1 Å². The molecule has 1 fully saturated rings. The summed E-state index contributed by atoms with van der Waals surface area (Å²) >= 11 is 0. The molecular formula is C20H23FN2O4S. The highest BCUT2D eigenvalue weighted by Gasteiger charge is 2.45. The Morgan fingerprint density at radius 2 is 1.79 bits per heavy atom. The molecule has 8 heteroatoms. The average molecular weight is 406 g/mol. The maximum absolute atomic E-state index is 13.3. The molecule has 0 heterocycles. The molecule has 1 aliphatic carbocycles. The van der Waals surface area contributed by atoms with Crippen molar-refractivity contribution in [1.82, 2.24) is 4.31 Å². The van der Waals surface area contributed by atoms with Gasteiger partial charge in [-0.1, -0.05) is 18.6 Å². The van der Waals surface area contributed by atoms with Crippen LogP contribution < -0.4 is 10.1 Å². The molecule has 1 N–H and O–H groups in total.